The first kappa shape index (κ1) is 12.9. The normalized spacial score (nSPS) is 10.9. The summed E-state index contributed by atoms with van der Waals surface area (Å²) in [7, 11) is 1.20. The molecule has 1 aromatic rings. The van der Waals surface area contributed by atoms with Crippen LogP contribution in [0.15, 0.2) is 29.4 Å². The Labute approximate surface area is 99.5 Å². The fourth-order valence-corrected chi connectivity index (χ4v) is 1.11. The van der Waals surface area contributed by atoms with E-state index < -0.39 is 11.8 Å². The molecule has 0 amide bonds. The molecule has 0 aliphatic heterocycles. The van der Waals surface area contributed by atoms with Crippen molar-refractivity contribution in [2.24, 2.45) is 5.10 Å². The van der Waals surface area contributed by atoms with E-state index in [4.69, 9.17) is 0 Å². The van der Waals surface area contributed by atoms with Gasteiger partial charge in [0.05, 0.1) is 12.8 Å². The summed E-state index contributed by atoms with van der Waals surface area (Å²) in [5.41, 5.74) is 4.18. The maximum Gasteiger partial charge on any atom is 0.362 e. The van der Waals surface area contributed by atoms with Crippen molar-refractivity contribution < 1.29 is 14.3 Å². The monoisotopic (exact) mass is 234 g/mol. The fourth-order valence-electron chi connectivity index (χ4n) is 1.11. The Morgan fingerprint density at radius 2 is 1.82 bits per heavy atom. The minimum absolute atomic E-state index is 0.256. The van der Waals surface area contributed by atoms with E-state index in [0.29, 0.717) is 5.69 Å². The van der Waals surface area contributed by atoms with E-state index in [1.807, 2.05) is 19.1 Å². The lowest BCUT2D eigenvalue weighted by atomic mass is 10.2. The van der Waals surface area contributed by atoms with Gasteiger partial charge in [0.15, 0.2) is 5.78 Å². The molecule has 1 rings (SSSR count). The molecule has 1 N–H and O–H groups in total. The van der Waals surface area contributed by atoms with Gasteiger partial charge in [0.25, 0.3) is 0 Å². The first-order valence-corrected chi connectivity index (χ1v) is 5.04. The molecule has 5 nitrogen and oxygen atoms in total. The summed E-state index contributed by atoms with van der Waals surface area (Å²) in [6, 6.07) is 7.38. The molecule has 0 radical (unpaired) electrons. The zero-order chi connectivity index (χ0) is 12.8. The molecular formula is C12H14N2O3. The van der Waals surface area contributed by atoms with E-state index in [2.05, 4.69) is 15.3 Å². The number of nitrogens with zero attached hydrogens (tertiary/aromatic N) is 1. The van der Waals surface area contributed by atoms with E-state index in [-0.39, 0.29) is 5.71 Å². The number of anilines is 1. The third-order valence-electron chi connectivity index (χ3n) is 2.06. The molecule has 0 atom stereocenters. The Morgan fingerprint density at radius 1 is 1.24 bits per heavy atom. The summed E-state index contributed by atoms with van der Waals surface area (Å²) < 4.78 is 4.45. The molecule has 0 aliphatic rings. The third-order valence-corrected chi connectivity index (χ3v) is 2.06. The second kappa shape index (κ2) is 5.79. The zero-order valence-electron chi connectivity index (χ0n) is 9.98. The number of benzene rings is 1. The van der Waals surface area contributed by atoms with Crippen LogP contribution in [-0.2, 0) is 14.3 Å². The summed E-state index contributed by atoms with van der Waals surface area (Å²) in [5, 5.41) is 3.74. The summed E-state index contributed by atoms with van der Waals surface area (Å²) in [4.78, 5) is 22.4. The molecule has 90 valence electrons. The Bertz CT molecular complexity index is 449. The van der Waals surface area contributed by atoms with Gasteiger partial charge in [-0.2, -0.15) is 5.10 Å². The molecule has 17 heavy (non-hydrogen) atoms. The highest BCUT2D eigenvalue weighted by atomic mass is 16.5. The van der Waals surface area contributed by atoms with Gasteiger partial charge < -0.3 is 4.74 Å². The van der Waals surface area contributed by atoms with Gasteiger partial charge in [0.2, 0.25) is 5.71 Å². The van der Waals surface area contributed by atoms with E-state index in [9.17, 15) is 9.59 Å². The SMILES string of the molecule is COC(=O)C(=NNc1ccc(C)cc1)C(C)=O. The van der Waals surface area contributed by atoms with Gasteiger partial charge in [-0.15, -0.1) is 0 Å². The number of methoxy groups -OCH3 is 1. The fraction of sp³-hybridized carbons (Fsp3) is 0.250. The predicted octanol–water partition coefficient (Wildman–Crippen LogP) is 1.52. The Balaban J connectivity index is 2.83. The molecule has 0 heterocycles. The Hall–Kier alpha value is -2.17. The maximum atomic E-state index is 11.2. The highest BCUT2D eigenvalue weighted by Gasteiger charge is 2.16. The van der Waals surface area contributed by atoms with E-state index in [1.165, 1.54) is 14.0 Å². The number of rotatable bonds is 4. The van der Waals surface area contributed by atoms with Crippen molar-refractivity contribution in [3.63, 3.8) is 0 Å². The van der Waals surface area contributed by atoms with Crippen LogP contribution in [0.2, 0.25) is 0 Å². The number of ether oxygens (including phenoxy) is 1. The molecular weight excluding hydrogens is 220 g/mol. The van der Waals surface area contributed by atoms with Crippen molar-refractivity contribution in [2.75, 3.05) is 12.5 Å². The van der Waals surface area contributed by atoms with Gasteiger partial charge in [-0.1, -0.05) is 17.7 Å². The quantitative estimate of drug-likeness (QED) is 0.371. The van der Waals surface area contributed by atoms with Crippen molar-refractivity contribution in [1.82, 2.24) is 0 Å². The van der Waals surface area contributed by atoms with Crippen LogP contribution in [0.25, 0.3) is 0 Å². The number of hydrogen-bond donors (Lipinski definition) is 1. The average Bonchev–Trinajstić information content (AvgIpc) is 2.31. The summed E-state index contributed by atoms with van der Waals surface area (Å²) >= 11 is 0. The number of esters is 1. The lowest BCUT2D eigenvalue weighted by Gasteiger charge is -2.03. The van der Waals surface area contributed by atoms with Crippen molar-refractivity contribution in [3.05, 3.63) is 29.8 Å². The van der Waals surface area contributed by atoms with Gasteiger partial charge in [0.1, 0.15) is 0 Å². The number of carbonyl (C=O) groups excluding carboxylic acids is 2. The van der Waals surface area contributed by atoms with Gasteiger partial charge in [0, 0.05) is 6.92 Å². The molecule has 0 spiro atoms. The van der Waals surface area contributed by atoms with Gasteiger partial charge in [-0.05, 0) is 19.1 Å². The van der Waals surface area contributed by atoms with Crippen LogP contribution >= 0.6 is 0 Å². The minimum atomic E-state index is -0.753. The number of hydrogen-bond acceptors (Lipinski definition) is 5. The number of Topliss-reactive ketones (excluding diaryl/α,β-unsaturated/α-hetero) is 1. The molecule has 0 fully saturated rings. The minimum Gasteiger partial charge on any atom is -0.464 e. The van der Waals surface area contributed by atoms with E-state index in [1.54, 1.807) is 12.1 Å². The molecule has 5 heteroatoms. The van der Waals surface area contributed by atoms with Crippen LogP contribution in [0, 0.1) is 6.92 Å². The average molecular weight is 234 g/mol. The van der Waals surface area contributed by atoms with Crippen LogP contribution in [0.4, 0.5) is 5.69 Å². The summed E-state index contributed by atoms with van der Waals surface area (Å²) in [5.74, 6) is -1.20. The third kappa shape index (κ3) is 3.71. The summed E-state index contributed by atoms with van der Waals surface area (Å²) in [6.07, 6.45) is 0. The van der Waals surface area contributed by atoms with Crippen molar-refractivity contribution >= 4 is 23.2 Å². The van der Waals surface area contributed by atoms with E-state index >= 15 is 0 Å². The predicted molar refractivity (Wildman–Crippen MR) is 64.9 cm³/mol. The van der Waals surface area contributed by atoms with Crippen LogP contribution in [0.5, 0.6) is 0 Å². The molecule has 0 unspecified atom stereocenters. The van der Waals surface area contributed by atoms with Gasteiger partial charge in [-0.25, -0.2) is 4.79 Å². The second-order valence-corrected chi connectivity index (χ2v) is 3.49. The number of ketones is 1. The second-order valence-electron chi connectivity index (χ2n) is 3.49. The van der Waals surface area contributed by atoms with Crippen molar-refractivity contribution in [2.45, 2.75) is 13.8 Å². The van der Waals surface area contributed by atoms with E-state index in [0.717, 1.165) is 5.56 Å². The molecule has 0 saturated heterocycles. The molecule has 0 aromatic heterocycles. The largest absolute Gasteiger partial charge is 0.464 e. The first-order valence-electron chi connectivity index (χ1n) is 5.04. The topological polar surface area (TPSA) is 67.8 Å². The summed E-state index contributed by atoms with van der Waals surface area (Å²) in [6.45, 7) is 3.22. The first-order chi connectivity index (χ1) is 8.04. The van der Waals surface area contributed by atoms with Crippen molar-refractivity contribution in [1.29, 1.82) is 0 Å². The van der Waals surface area contributed by atoms with Gasteiger partial charge in [-0.3, -0.25) is 10.2 Å². The highest BCUT2D eigenvalue weighted by molar-refractivity contribution is 6.64. The van der Waals surface area contributed by atoms with Crippen LogP contribution < -0.4 is 5.43 Å². The smallest absolute Gasteiger partial charge is 0.362 e. The Kier molecular flexibility index (Phi) is 4.39. The van der Waals surface area contributed by atoms with Crippen LogP contribution in [0.1, 0.15) is 12.5 Å². The number of nitrogens with one attached hydrogen (secondary N) is 1. The molecule has 0 aliphatic carbocycles. The highest BCUT2D eigenvalue weighted by Crippen LogP contribution is 2.08. The maximum absolute atomic E-state index is 11.2. The molecule has 0 bridgehead atoms. The zero-order valence-corrected chi connectivity index (χ0v) is 9.98. The molecule has 0 saturated carbocycles. The standard InChI is InChI=1S/C12H14N2O3/c1-8-4-6-10(7-5-8)13-14-11(9(2)15)12(16)17-3/h4-7,13H,1-3H3. The van der Waals surface area contributed by atoms with Gasteiger partial charge >= 0.3 is 5.97 Å². The number of hydrazone groups is 1. The Morgan fingerprint density at radius 3 is 2.29 bits per heavy atom. The molecule has 1 aromatic carbocycles. The number of aryl methyl sites for hydroxylation is 1. The van der Waals surface area contributed by atoms with Crippen molar-refractivity contribution in [3.8, 4) is 0 Å². The lowest BCUT2D eigenvalue weighted by Crippen LogP contribution is -2.24. The van der Waals surface area contributed by atoms with Crippen LogP contribution in [0.3, 0.4) is 0 Å². The lowest BCUT2D eigenvalue weighted by molar-refractivity contribution is -0.133. The van der Waals surface area contributed by atoms with Crippen LogP contribution in [-0.4, -0.2) is 24.6 Å². The number of carbonyl (C=O) groups is 2.